The molecule has 0 unspecified atom stereocenters. The van der Waals surface area contributed by atoms with Gasteiger partial charge in [0.25, 0.3) is 5.56 Å². The predicted octanol–water partition coefficient (Wildman–Crippen LogP) is 2.92. The third-order valence-corrected chi connectivity index (χ3v) is 4.81. The third kappa shape index (κ3) is 2.99. The van der Waals surface area contributed by atoms with Crippen molar-refractivity contribution in [1.29, 1.82) is 0 Å². The fourth-order valence-corrected chi connectivity index (χ4v) is 3.50. The van der Waals surface area contributed by atoms with Crippen LogP contribution in [0.5, 0.6) is 5.75 Å². The highest BCUT2D eigenvalue weighted by atomic mass is 16.4. The number of carbonyl (C=O) groups is 1. The summed E-state index contributed by atoms with van der Waals surface area (Å²) >= 11 is 0. The topological polar surface area (TPSA) is 93.6 Å². The van der Waals surface area contributed by atoms with Gasteiger partial charge in [-0.1, -0.05) is 13.0 Å². The van der Waals surface area contributed by atoms with Gasteiger partial charge in [0.05, 0.1) is 5.69 Å². The van der Waals surface area contributed by atoms with E-state index in [0.717, 1.165) is 29.9 Å². The van der Waals surface area contributed by atoms with Crippen molar-refractivity contribution in [3.63, 3.8) is 0 Å². The highest BCUT2D eigenvalue weighted by Gasteiger charge is 2.23. The number of rotatable bonds is 4. The minimum absolute atomic E-state index is 0.408. The molecule has 3 rings (SSSR count). The fourth-order valence-electron chi connectivity index (χ4n) is 3.50. The number of aromatic hydroxyl groups is 1. The van der Waals surface area contributed by atoms with Gasteiger partial charge in [0.15, 0.2) is 5.56 Å². The number of aromatic carboxylic acids is 1. The second-order valence-electron chi connectivity index (χ2n) is 6.38. The number of H-pyrrole nitrogens is 1. The molecule has 2 aromatic rings. The van der Waals surface area contributed by atoms with Crippen LogP contribution >= 0.6 is 0 Å². The van der Waals surface area contributed by atoms with E-state index in [0.29, 0.717) is 17.7 Å². The summed E-state index contributed by atoms with van der Waals surface area (Å²) in [5.41, 5.74) is 2.44. The molecule has 0 amide bonds. The predicted molar refractivity (Wildman–Crippen MR) is 96.7 cm³/mol. The monoisotopic (exact) mass is 342 g/mol. The Labute approximate surface area is 145 Å². The second kappa shape index (κ2) is 6.63. The zero-order chi connectivity index (χ0) is 18.1. The van der Waals surface area contributed by atoms with Gasteiger partial charge >= 0.3 is 5.97 Å². The summed E-state index contributed by atoms with van der Waals surface area (Å²) in [6.07, 6.45) is 2.79. The molecule has 6 nitrogen and oxygen atoms in total. The maximum atomic E-state index is 12.1. The van der Waals surface area contributed by atoms with Crippen LogP contribution in [0.2, 0.25) is 0 Å². The minimum Gasteiger partial charge on any atom is -0.506 e. The summed E-state index contributed by atoms with van der Waals surface area (Å²) in [5, 5.41) is 19.4. The number of anilines is 1. The molecule has 1 aromatic carbocycles. The zero-order valence-electron chi connectivity index (χ0n) is 14.4. The van der Waals surface area contributed by atoms with Crippen LogP contribution in [0.3, 0.4) is 0 Å². The molecule has 2 heterocycles. The second-order valence-corrected chi connectivity index (χ2v) is 6.38. The SMILES string of the molecule is CCc1c(-c2ccc(N3CCCC3)cc2C)[nH]c(=O)c(C(=O)O)c1O. The first-order valence-electron chi connectivity index (χ1n) is 8.51. The first-order valence-corrected chi connectivity index (χ1v) is 8.51. The Morgan fingerprint density at radius 2 is 1.96 bits per heavy atom. The van der Waals surface area contributed by atoms with Crippen LogP contribution in [-0.2, 0) is 6.42 Å². The maximum absolute atomic E-state index is 12.1. The smallest absolute Gasteiger partial charge is 0.345 e. The minimum atomic E-state index is -1.43. The normalized spacial score (nSPS) is 14.1. The highest BCUT2D eigenvalue weighted by molar-refractivity contribution is 5.92. The summed E-state index contributed by atoms with van der Waals surface area (Å²) < 4.78 is 0. The fraction of sp³-hybridized carbons (Fsp3) is 0.368. The number of pyridine rings is 1. The van der Waals surface area contributed by atoms with Gasteiger partial charge in [0.1, 0.15) is 5.75 Å². The number of nitrogens with zero attached hydrogens (tertiary/aromatic N) is 1. The van der Waals surface area contributed by atoms with E-state index in [-0.39, 0.29) is 0 Å². The molecule has 6 heteroatoms. The summed E-state index contributed by atoms with van der Waals surface area (Å²) in [6.45, 7) is 5.86. The molecule has 25 heavy (non-hydrogen) atoms. The highest BCUT2D eigenvalue weighted by Crippen LogP contribution is 2.33. The van der Waals surface area contributed by atoms with Gasteiger partial charge in [-0.3, -0.25) is 4.79 Å². The number of carboxylic acids is 1. The van der Waals surface area contributed by atoms with E-state index in [1.807, 2.05) is 26.0 Å². The van der Waals surface area contributed by atoms with Gasteiger partial charge in [-0.2, -0.15) is 0 Å². The lowest BCUT2D eigenvalue weighted by Gasteiger charge is -2.20. The standard InChI is InChI=1S/C19H22N2O4/c1-3-13-16(20-18(23)15(17(13)22)19(24)25)14-7-6-12(10-11(14)2)21-8-4-5-9-21/h6-7,10H,3-5,8-9H2,1-2H3,(H,24,25)(H2,20,22,23). The zero-order valence-corrected chi connectivity index (χ0v) is 14.4. The molecule has 0 aliphatic carbocycles. The van der Waals surface area contributed by atoms with Crippen LogP contribution in [0.15, 0.2) is 23.0 Å². The van der Waals surface area contributed by atoms with Crippen molar-refractivity contribution in [2.75, 3.05) is 18.0 Å². The lowest BCUT2D eigenvalue weighted by atomic mass is 9.97. The molecule has 1 aliphatic heterocycles. The molecule has 0 atom stereocenters. The average Bonchev–Trinajstić information content (AvgIpc) is 3.08. The van der Waals surface area contributed by atoms with Crippen LogP contribution < -0.4 is 10.5 Å². The lowest BCUT2D eigenvalue weighted by molar-refractivity contribution is 0.0691. The van der Waals surface area contributed by atoms with Gasteiger partial charge in [-0.05, 0) is 43.9 Å². The van der Waals surface area contributed by atoms with Crippen molar-refractivity contribution in [2.45, 2.75) is 33.1 Å². The molecular formula is C19H22N2O4. The largest absolute Gasteiger partial charge is 0.506 e. The van der Waals surface area contributed by atoms with E-state index < -0.39 is 22.8 Å². The van der Waals surface area contributed by atoms with Gasteiger partial charge in [0, 0.05) is 29.9 Å². The van der Waals surface area contributed by atoms with Crippen LogP contribution in [0.1, 0.15) is 41.3 Å². The molecule has 3 N–H and O–H groups in total. The number of aryl methyl sites for hydroxylation is 1. The van der Waals surface area contributed by atoms with Crippen molar-refractivity contribution in [2.24, 2.45) is 0 Å². The summed E-state index contributed by atoms with van der Waals surface area (Å²) in [4.78, 5) is 28.3. The van der Waals surface area contributed by atoms with E-state index in [9.17, 15) is 14.7 Å². The molecule has 1 aromatic heterocycles. The molecule has 1 saturated heterocycles. The van der Waals surface area contributed by atoms with E-state index in [4.69, 9.17) is 5.11 Å². The number of hydrogen-bond donors (Lipinski definition) is 3. The summed E-state index contributed by atoms with van der Waals surface area (Å²) in [5.74, 6) is -1.88. The molecule has 0 bridgehead atoms. The Kier molecular flexibility index (Phi) is 4.53. The number of aromatic nitrogens is 1. The molecule has 0 saturated carbocycles. The first kappa shape index (κ1) is 17.1. The molecule has 1 fully saturated rings. The molecule has 132 valence electrons. The van der Waals surface area contributed by atoms with Crippen molar-refractivity contribution >= 4 is 11.7 Å². The van der Waals surface area contributed by atoms with Crippen LogP contribution in [0.25, 0.3) is 11.3 Å². The Balaban J connectivity index is 2.13. The Morgan fingerprint density at radius 3 is 2.52 bits per heavy atom. The van der Waals surface area contributed by atoms with Crippen molar-refractivity contribution < 1.29 is 15.0 Å². The van der Waals surface area contributed by atoms with Crippen LogP contribution in [0.4, 0.5) is 5.69 Å². The Hall–Kier alpha value is -2.76. The van der Waals surface area contributed by atoms with Crippen molar-refractivity contribution in [3.05, 3.63) is 45.2 Å². The lowest BCUT2D eigenvalue weighted by Crippen LogP contribution is -2.20. The number of carboxylic acid groups (broad SMARTS) is 1. The first-order chi connectivity index (χ1) is 11.9. The Bertz CT molecular complexity index is 880. The third-order valence-electron chi connectivity index (χ3n) is 4.81. The van der Waals surface area contributed by atoms with Crippen LogP contribution in [0, 0.1) is 6.92 Å². The summed E-state index contributed by atoms with van der Waals surface area (Å²) in [6, 6.07) is 6.00. The molecule has 0 radical (unpaired) electrons. The molecule has 0 spiro atoms. The molecular weight excluding hydrogens is 320 g/mol. The van der Waals surface area contributed by atoms with Crippen molar-refractivity contribution in [1.82, 2.24) is 4.98 Å². The van der Waals surface area contributed by atoms with E-state index in [1.54, 1.807) is 0 Å². The Morgan fingerprint density at radius 1 is 1.28 bits per heavy atom. The van der Waals surface area contributed by atoms with Gasteiger partial charge in [-0.25, -0.2) is 4.79 Å². The maximum Gasteiger partial charge on any atom is 0.345 e. The summed E-state index contributed by atoms with van der Waals surface area (Å²) in [7, 11) is 0. The number of hydrogen-bond acceptors (Lipinski definition) is 4. The van der Waals surface area contributed by atoms with Crippen molar-refractivity contribution in [3.8, 4) is 17.0 Å². The number of aromatic amines is 1. The van der Waals surface area contributed by atoms with Gasteiger partial charge in [-0.15, -0.1) is 0 Å². The van der Waals surface area contributed by atoms with Gasteiger partial charge in [0.2, 0.25) is 0 Å². The van der Waals surface area contributed by atoms with Crippen LogP contribution in [-0.4, -0.2) is 34.3 Å². The number of benzene rings is 1. The quantitative estimate of drug-likeness (QED) is 0.794. The molecule has 1 aliphatic rings. The van der Waals surface area contributed by atoms with E-state index in [2.05, 4.69) is 16.0 Å². The van der Waals surface area contributed by atoms with E-state index >= 15 is 0 Å². The van der Waals surface area contributed by atoms with E-state index in [1.165, 1.54) is 12.8 Å². The van der Waals surface area contributed by atoms with Gasteiger partial charge < -0.3 is 20.1 Å². The number of nitrogens with one attached hydrogen (secondary N) is 1. The average molecular weight is 342 g/mol.